The highest BCUT2D eigenvalue weighted by atomic mass is 16.5. The standard InChI is InChI=1S/C18H25N3O3/c1-4-21-10-9-15(20-21)13-19-18(22)12-14-7-8-16(23-5-2)17(11-14)24-6-3/h7-11H,4-6,12-13H2,1-3H3,(H,19,22). The van der Waals surface area contributed by atoms with Crippen LogP contribution in [0, 0.1) is 0 Å². The molecule has 24 heavy (non-hydrogen) atoms. The molecule has 130 valence electrons. The average Bonchev–Trinajstić information content (AvgIpc) is 3.04. The van der Waals surface area contributed by atoms with Crippen molar-refractivity contribution in [2.75, 3.05) is 13.2 Å². The maximum Gasteiger partial charge on any atom is 0.224 e. The van der Waals surface area contributed by atoms with E-state index in [2.05, 4.69) is 10.4 Å². The number of hydrogen-bond acceptors (Lipinski definition) is 4. The molecule has 0 bridgehead atoms. The Kier molecular flexibility index (Phi) is 6.66. The van der Waals surface area contributed by atoms with Gasteiger partial charge in [0.25, 0.3) is 0 Å². The van der Waals surface area contributed by atoms with Crippen LogP contribution in [0.25, 0.3) is 0 Å². The van der Waals surface area contributed by atoms with Crippen molar-refractivity contribution in [3.8, 4) is 11.5 Å². The molecule has 1 amide bonds. The Balaban J connectivity index is 1.93. The summed E-state index contributed by atoms with van der Waals surface area (Å²) in [6.45, 7) is 8.25. The molecule has 1 aromatic carbocycles. The van der Waals surface area contributed by atoms with Crippen LogP contribution < -0.4 is 14.8 Å². The van der Waals surface area contributed by atoms with Crippen molar-refractivity contribution < 1.29 is 14.3 Å². The number of nitrogens with one attached hydrogen (secondary N) is 1. The monoisotopic (exact) mass is 331 g/mol. The van der Waals surface area contributed by atoms with Gasteiger partial charge in [0.1, 0.15) is 0 Å². The smallest absolute Gasteiger partial charge is 0.224 e. The Labute approximate surface area is 142 Å². The molecule has 0 aliphatic heterocycles. The van der Waals surface area contributed by atoms with Crippen molar-refractivity contribution in [3.63, 3.8) is 0 Å². The van der Waals surface area contributed by atoms with Gasteiger partial charge in [0.05, 0.1) is 31.9 Å². The topological polar surface area (TPSA) is 65.4 Å². The molecule has 0 fully saturated rings. The Hall–Kier alpha value is -2.50. The van der Waals surface area contributed by atoms with Crippen molar-refractivity contribution in [2.24, 2.45) is 0 Å². The fourth-order valence-electron chi connectivity index (χ4n) is 2.32. The lowest BCUT2D eigenvalue weighted by Gasteiger charge is -2.12. The molecule has 2 rings (SSSR count). The van der Waals surface area contributed by atoms with Gasteiger partial charge in [-0.3, -0.25) is 9.48 Å². The van der Waals surface area contributed by atoms with E-state index < -0.39 is 0 Å². The number of ether oxygens (including phenoxy) is 2. The first-order valence-corrected chi connectivity index (χ1v) is 8.33. The highest BCUT2D eigenvalue weighted by molar-refractivity contribution is 5.78. The molecule has 6 heteroatoms. The fourth-order valence-corrected chi connectivity index (χ4v) is 2.32. The van der Waals surface area contributed by atoms with Crippen LogP contribution in [0.4, 0.5) is 0 Å². The third-order valence-corrected chi connectivity index (χ3v) is 3.46. The van der Waals surface area contributed by atoms with Crippen LogP contribution in [0.5, 0.6) is 11.5 Å². The molecule has 0 spiro atoms. The molecule has 0 saturated heterocycles. The van der Waals surface area contributed by atoms with Crippen LogP contribution in [-0.4, -0.2) is 28.9 Å². The van der Waals surface area contributed by atoms with Crippen LogP contribution in [0.15, 0.2) is 30.5 Å². The van der Waals surface area contributed by atoms with Gasteiger partial charge < -0.3 is 14.8 Å². The molecule has 0 aliphatic carbocycles. The molecule has 0 aliphatic rings. The second-order valence-corrected chi connectivity index (χ2v) is 5.26. The fraction of sp³-hybridized carbons (Fsp3) is 0.444. The number of aromatic nitrogens is 2. The zero-order chi connectivity index (χ0) is 17.4. The Morgan fingerprint density at radius 3 is 2.54 bits per heavy atom. The van der Waals surface area contributed by atoms with E-state index in [1.165, 1.54) is 0 Å². The van der Waals surface area contributed by atoms with Gasteiger partial charge in [-0.05, 0) is 44.5 Å². The second kappa shape index (κ2) is 8.96. The van der Waals surface area contributed by atoms with E-state index in [9.17, 15) is 4.79 Å². The summed E-state index contributed by atoms with van der Waals surface area (Å²) in [6.07, 6.45) is 2.20. The van der Waals surface area contributed by atoms with Gasteiger partial charge in [-0.2, -0.15) is 5.10 Å². The van der Waals surface area contributed by atoms with Gasteiger partial charge in [-0.1, -0.05) is 6.07 Å². The number of carbonyl (C=O) groups is 1. The maximum absolute atomic E-state index is 12.1. The highest BCUT2D eigenvalue weighted by Gasteiger charge is 2.10. The number of nitrogens with zero attached hydrogens (tertiary/aromatic N) is 2. The first kappa shape index (κ1) is 17.8. The van der Waals surface area contributed by atoms with Crippen LogP contribution in [0.1, 0.15) is 32.0 Å². The first-order chi connectivity index (χ1) is 11.7. The van der Waals surface area contributed by atoms with E-state index >= 15 is 0 Å². The predicted molar refractivity (Wildman–Crippen MR) is 92.2 cm³/mol. The molecule has 2 aromatic rings. The molecule has 1 heterocycles. The van der Waals surface area contributed by atoms with E-state index in [1.807, 2.05) is 55.9 Å². The van der Waals surface area contributed by atoms with Crippen LogP contribution in [-0.2, 0) is 24.3 Å². The Bertz CT molecular complexity index is 667. The summed E-state index contributed by atoms with van der Waals surface area (Å²) in [5.41, 5.74) is 1.74. The minimum atomic E-state index is -0.0485. The van der Waals surface area contributed by atoms with Gasteiger partial charge in [0, 0.05) is 12.7 Å². The number of hydrogen-bond donors (Lipinski definition) is 1. The van der Waals surface area contributed by atoms with E-state index in [-0.39, 0.29) is 5.91 Å². The average molecular weight is 331 g/mol. The summed E-state index contributed by atoms with van der Waals surface area (Å²) in [4.78, 5) is 12.1. The van der Waals surface area contributed by atoms with Crippen molar-refractivity contribution in [1.82, 2.24) is 15.1 Å². The van der Waals surface area contributed by atoms with Crippen LogP contribution in [0.2, 0.25) is 0 Å². The lowest BCUT2D eigenvalue weighted by Crippen LogP contribution is -2.24. The zero-order valence-electron chi connectivity index (χ0n) is 14.5. The van der Waals surface area contributed by atoms with Crippen molar-refractivity contribution in [1.29, 1.82) is 0 Å². The van der Waals surface area contributed by atoms with E-state index in [4.69, 9.17) is 9.47 Å². The molecule has 6 nitrogen and oxygen atoms in total. The lowest BCUT2D eigenvalue weighted by atomic mass is 10.1. The van der Waals surface area contributed by atoms with Gasteiger partial charge in [0.15, 0.2) is 11.5 Å². The van der Waals surface area contributed by atoms with Crippen LogP contribution >= 0.6 is 0 Å². The summed E-state index contributed by atoms with van der Waals surface area (Å²) in [5, 5.41) is 7.23. The largest absolute Gasteiger partial charge is 0.490 e. The van der Waals surface area contributed by atoms with Gasteiger partial charge in [0.2, 0.25) is 5.91 Å². The summed E-state index contributed by atoms with van der Waals surface area (Å²) in [6, 6.07) is 7.51. The predicted octanol–water partition coefficient (Wildman–Crippen LogP) is 2.56. The summed E-state index contributed by atoms with van der Waals surface area (Å²) in [7, 11) is 0. The number of benzene rings is 1. The summed E-state index contributed by atoms with van der Waals surface area (Å²) < 4.78 is 13.0. The Morgan fingerprint density at radius 2 is 1.88 bits per heavy atom. The molecule has 0 unspecified atom stereocenters. The molecular weight excluding hydrogens is 306 g/mol. The number of aryl methyl sites for hydroxylation is 1. The van der Waals surface area contributed by atoms with Gasteiger partial charge in [-0.15, -0.1) is 0 Å². The number of rotatable bonds is 9. The van der Waals surface area contributed by atoms with Crippen molar-refractivity contribution in [3.05, 3.63) is 41.7 Å². The molecule has 1 aromatic heterocycles. The Morgan fingerprint density at radius 1 is 1.12 bits per heavy atom. The number of carbonyl (C=O) groups excluding carboxylic acids is 1. The third-order valence-electron chi connectivity index (χ3n) is 3.46. The van der Waals surface area contributed by atoms with Crippen molar-refractivity contribution >= 4 is 5.91 Å². The summed E-state index contributed by atoms with van der Waals surface area (Å²) in [5.74, 6) is 1.33. The van der Waals surface area contributed by atoms with E-state index in [1.54, 1.807) is 0 Å². The van der Waals surface area contributed by atoms with Gasteiger partial charge in [-0.25, -0.2) is 0 Å². The van der Waals surface area contributed by atoms with E-state index in [0.717, 1.165) is 17.8 Å². The SMILES string of the molecule is CCOc1ccc(CC(=O)NCc2ccn(CC)n2)cc1OCC. The number of amides is 1. The minimum absolute atomic E-state index is 0.0485. The minimum Gasteiger partial charge on any atom is -0.490 e. The quantitative estimate of drug-likeness (QED) is 0.767. The molecule has 0 radical (unpaired) electrons. The second-order valence-electron chi connectivity index (χ2n) is 5.26. The molecule has 0 saturated carbocycles. The van der Waals surface area contributed by atoms with E-state index in [0.29, 0.717) is 37.7 Å². The highest BCUT2D eigenvalue weighted by Crippen LogP contribution is 2.28. The maximum atomic E-state index is 12.1. The molecular formula is C18H25N3O3. The third kappa shape index (κ3) is 5.01. The lowest BCUT2D eigenvalue weighted by molar-refractivity contribution is -0.120. The zero-order valence-corrected chi connectivity index (χ0v) is 14.5. The van der Waals surface area contributed by atoms with Crippen LogP contribution in [0.3, 0.4) is 0 Å². The molecule has 1 N–H and O–H groups in total. The van der Waals surface area contributed by atoms with Crippen molar-refractivity contribution in [2.45, 2.75) is 40.3 Å². The normalized spacial score (nSPS) is 10.5. The molecule has 0 atom stereocenters. The first-order valence-electron chi connectivity index (χ1n) is 8.33. The summed E-state index contributed by atoms with van der Waals surface area (Å²) >= 11 is 0. The van der Waals surface area contributed by atoms with Gasteiger partial charge >= 0.3 is 0 Å².